The molecule has 0 radical (unpaired) electrons. The summed E-state index contributed by atoms with van der Waals surface area (Å²) in [6.07, 6.45) is 4.46. The van der Waals surface area contributed by atoms with E-state index in [9.17, 15) is 4.79 Å². The van der Waals surface area contributed by atoms with Gasteiger partial charge in [0.15, 0.2) is 0 Å². The fourth-order valence-electron chi connectivity index (χ4n) is 2.72. The van der Waals surface area contributed by atoms with E-state index in [0.717, 1.165) is 38.4 Å². The van der Waals surface area contributed by atoms with Crippen LogP contribution in [-0.4, -0.2) is 30.4 Å². The van der Waals surface area contributed by atoms with Gasteiger partial charge in [-0.25, -0.2) is 0 Å². The van der Waals surface area contributed by atoms with E-state index in [0.29, 0.717) is 5.91 Å². The standard InChI is InChI=1S/C16H22N2O/c19-16-7-4-10-18(16)12-15(17-11-13-8-9-13)14-5-2-1-3-6-14/h1-3,5-6,13,15,17H,4,7-12H2/t15-/m1/s1. The van der Waals surface area contributed by atoms with Gasteiger partial charge in [0.25, 0.3) is 0 Å². The molecule has 3 nitrogen and oxygen atoms in total. The molecule has 2 aliphatic rings. The first-order valence-corrected chi connectivity index (χ1v) is 7.39. The molecule has 19 heavy (non-hydrogen) atoms. The van der Waals surface area contributed by atoms with Crippen LogP contribution in [0.1, 0.15) is 37.3 Å². The molecule has 0 aromatic heterocycles. The normalized spacial score (nSPS) is 20.8. The summed E-state index contributed by atoms with van der Waals surface area (Å²) in [5.41, 5.74) is 1.29. The van der Waals surface area contributed by atoms with Gasteiger partial charge in [0.05, 0.1) is 0 Å². The Hall–Kier alpha value is -1.35. The van der Waals surface area contributed by atoms with Gasteiger partial charge in [0.1, 0.15) is 0 Å². The topological polar surface area (TPSA) is 32.3 Å². The zero-order valence-electron chi connectivity index (χ0n) is 11.3. The molecule has 1 aliphatic heterocycles. The Bertz CT molecular complexity index is 428. The number of nitrogens with one attached hydrogen (secondary N) is 1. The van der Waals surface area contributed by atoms with Crippen LogP contribution in [0.2, 0.25) is 0 Å². The van der Waals surface area contributed by atoms with Gasteiger partial charge in [-0.3, -0.25) is 4.79 Å². The zero-order chi connectivity index (χ0) is 13.1. The second kappa shape index (κ2) is 5.74. The first-order chi connectivity index (χ1) is 9.33. The van der Waals surface area contributed by atoms with Gasteiger partial charge in [0.2, 0.25) is 5.91 Å². The lowest BCUT2D eigenvalue weighted by atomic mass is 10.1. The average molecular weight is 258 g/mol. The van der Waals surface area contributed by atoms with Crippen LogP contribution in [0.5, 0.6) is 0 Å². The van der Waals surface area contributed by atoms with Gasteiger partial charge in [0, 0.05) is 25.6 Å². The molecule has 1 aromatic carbocycles. The van der Waals surface area contributed by atoms with Crippen LogP contribution in [0.4, 0.5) is 0 Å². The summed E-state index contributed by atoms with van der Waals surface area (Å²) in [5, 5.41) is 3.65. The number of amides is 1. The molecule has 1 saturated carbocycles. The highest BCUT2D eigenvalue weighted by molar-refractivity contribution is 5.78. The molecule has 0 unspecified atom stereocenters. The fraction of sp³-hybridized carbons (Fsp3) is 0.562. The molecular formula is C16H22N2O. The van der Waals surface area contributed by atoms with E-state index in [2.05, 4.69) is 29.6 Å². The van der Waals surface area contributed by atoms with E-state index < -0.39 is 0 Å². The molecule has 1 aromatic rings. The molecule has 1 aliphatic carbocycles. The van der Waals surface area contributed by atoms with Crippen molar-refractivity contribution in [3.05, 3.63) is 35.9 Å². The predicted octanol–water partition coefficient (Wildman–Crippen LogP) is 2.35. The van der Waals surface area contributed by atoms with Crippen molar-refractivity contribution >= 4 is 5.91 Å². The maximum absolute atomic E-state index is 11.8. The highest BCUT2D eigenvalue weighted by Gasteiger charge is 2.26. The minimum Gasteiger partial charge on any atom is -0.341 e. The molecule has 3 heteroatoms. The van der Waals surface area contributed by atoms with Crippen molar-refractivity contribution < 1.29 is 4.79 Å². The Morgan fingerprint density at radius 1 is 1.26 bits per heavy atom. The van der Waals surface area contributed by atoms with E-state index in [1.54, 1.807) is 0 Å². The number of hydrogen-bond acceptors (Lipinski definition) is 2. The molecule has 1 heterocycles. The molecule has 0 spiro atoms. The average Bonchev–Trinajstić information content (AvgIpc) is 3.19. The van der Waals surface area contributed by atoms with E-state index in [1.807, 2.05) is 11.0 Å². The number of likely N-dealkylation sites (tertiary alicyclic amines) is 1. The van der Waals surface area contributed by atoms with Gasteiger partial charge in [-0.2, -0.15) is 0 Å². The van der Waals surface area contributed by atoms with Crippen molar-refractivity contribution in [2.24, 2.45) is 5.92 Å². The number of carbonyl (C=O) groups is 1. The first kappa shape index (κ1) is 12.7. The SMILES string of the molecule is O=C1CCCN1C[C@@H](NCC1CC1)c1ccccc1. The molecule has 0 bridgehead atoms. The van der Waals surface area contributed by atoms with Crippen molar-refractivity contribution in [2.75, 3.05) is 19.6 Å². The lowest BCUT2D eigenvalue weighted by molar-refractivity contribution is -0.128. The second-order valence-electron chi connectivity index (χ2n) is 5.76. The Balaban J connectivity index is 1.66. The summed E-state index contributed by atoms with van der Waals surface area (Å²) in [6, 6.07) is 10.8. The minimum absolute atomic E-state index is 0.281. The third-order valence-corrected chi connectivity index (χ3v) is 4.13. The van der Waals surface area contributed by atoms with Crippen molar-refractivity contribution in [3.8, 4) is 0 Å². The molecule has 1 N–H and O–H groups in total. The largest absolute Gasteiger partial charge is 0.341 e. The van der Waals surface area contributed by atoms with E-state index in [-0.39, 0.29) is 6.04 Å². The number of benzene rings is 1. The third-order valence-electron chi connectivity index (χ3n) is 4.13. The number of hydrogen-bond donors (Lipinski definition) is 1. The summed E-state index contributed by atoms with van der Waals surface area (Å²) < 4.78 is 0. The Morgan fingerprint density at radius 2 is 2.05 bits per heavy atom. The fourth-order valence-corrected chi connectivity index (χ4v) is 2.72. The van der Waals surface area contributed by atoms with Gasteiger partial charge in [-0.15, -0.1) is 0 Å². The summed E-state index contributed by atoms with van der Waals surface area (Å²) in [7, 11) is 0. The first-order valence-electron chi connectivity index (χ1n) is 7.39. The van der Waals surface area contributed by atoms with Crippen molar-refractivity contribution in [1.82, 2.24) is 10.2 Å². The maximum Gasteiger partial charge on any atom is 0.222 e. The molecular weight excluding hydrogens is 236 g/mol. The van der Waals surface area contributed by atoms with E-state index in [4.69, 9.17) is 0 Å². The summed E-state index contributed by atoms with van der Waals surface area (Å²) >= 11 is 0. The van der Waals surface area contributed by atoms with Gasteiger partial charge in [-0.05, 0) is 37.3 Å². The van der Waals surface area contributed by atoms with Crippen LogP contribution in [0, 0.1) is 5.92 Å². The highest BCUT2D eigenvalue weighted by Crippen LogP contribution is 2.29. The van der Waals surface area contributed by atoms with E-state index in [1.165, 1.54) is 18.4 Å². The molecule has 2 fully saturated rings. The third kappa shape index (κ3) is 3.35. The Kier molecular flexibility index (Phi) is 3.83. The second-order valence-corrected chi connectivity index (χ2v) is 5.76. The number of rotatable bonds is 6. The highest BCUT2D eigenvalue weighted by atomic mass is 16.2. The van der Waals surface area contributed by atoms with Crippen LogP contribution in [0.15, 0.2) is 30.3 Å². The number of carbonyl (C=O) groups excluding carboxylic acids is 1. The van der Waals surface area contributed by atoms with Crippen LogP contribution in [0.25, 0.3) is 0 Å². The monoisotopic (exact) mass is 258 g/mol. The molecule has 3 rings (SSSR count). The predicted molar refractivity (Wildman–Crippen MR) is 75.7 cm³/mol. The smallest absolute Gasteiger partial charge is 0.222 e. The number of nitrogens with zero attached hydrogens (tertiary/aromatic N) is 1. The lowest BCUT2D eigenvalue weighted by Crippen LogP contribution is -2.36. The van der Waals surface area contributed by atoms with Crippen LogP contribution in [0.3, 0.4) is 0 Å². The summed E-state index contributed by atoms with van der Waals surface area (Å²) in [4.78, 5) is 13.8. The minimum atomic E-state index is 0.281. The summed E-state index contributed by atoms with van der Waals surface area (Å²) in [6.45, 7) is 2.82. The quantitative estimate of drug-likeness (QED) is 0.849. The zero-order valence-corrected chi connectivity index (χ0v) is 11.3. The lowest BCUT2D eigenvalue weighted by Gasteiger charge is -2.25. The molecule has 1 amide bonds. The van der Waals surface area contributed by atoms with Gasteiger partial charge >= 0.3 is 0 Å². The Labute approximate surface area is 115 Å². The van der Waals surface area contributed by atoms with Crippen LogP contribution >= 0.6 is 0 Å². The summed E-state index contributed by atoms with van der Waals surface area (Å²) in [5.74, 6) is 1.18. The molecule has 1 saturated heterocycles. The van der Waals surface area contributed by atoms with Crippen LogP contribution in [-0.2, 0) is 4.79 Å². The Morgan fingerprint density at radius 3 is 2.68 bits per heavy atom. The van der Waals surface area contributed by atoms with Crippen molar-refractivity contribution in [2.45, 2.75) is 31.7 Å². The molecule has 1 atom stereocenters. The molecule has 102 valence electrons. The maximum atomic E-state index is 11.8. The van der Waals surface area contributed by atoms with Gasteiger partial charge in [-0.1, -0.05) is 30.3 Å². The van der Waals surface area contributed by atoms with Crippen molar-refractivity contribution in [3.63, 3.8) is 0 Å². The van der Waals surface area contributed by atoms with Crippen molar-refractivity contribution in [1.29, 1.82) is 0 Å². The van der Waals surface area contributed by atoms with Crippen LogP contribution < -0.4 is 5.32 Å². The van der Waals surface area contributed by atoms with Gasteiger partial charge < -0.3 is 10.2 Å². The van der Waals surface area contributed by atoms with E-state index >= 15 is 0 Å².